The highest BCUT2D eigenvalue weighted by Crippen LogP contribution is 2.21. The summed E-state index contributed by atoms with van der Waals surface area (Å²) >= 11 is 11.8. The average molecular weight is 479 g/mol. The van der Waals surface area contributed by atoms with Crippen molar-refractivity contribution < 1.29 is 14.4 Å². The van der Waals surface area contributed by atoms with Gasteiger partial charge in [-0.3, -0.25) is 19.3 Å². The smallest absolute Gasteiger partial charge is 0.253 e. The highest BCUT2D eigenvalue weighted by molar-refractivity contribution is 6.36. The van der Waals surface area contributed by atoms with Crippen LogP contribution in [0.5, 0.6) is 0 Å². The standard InChI is InChI=1S/C23H28Cl2N4O3/c1-3-29(4-2)20(16-8-6-5-7-9-16)13-26-21(30)14-27-22(31)15-28-23(32)18-11-10-17(24)12-19(18)25/h5-12,20H,3-4,13-15H2,1-2H3,(H,26,30)(H,27,31)(H,28,32). The van der Waals surface area contributed by atoms with Crippen molar-refractivity contribution in [2.45, 2.75) is 19.9 Å². The quantitative estimate of drug-likeness (QED) is 0.462. The zero-order chi connectivity index (χ0) is 23.5. The molecule has 0 aromatic heterocycles. The largest absolute Gasteiger partial charge is 0.353 e. The number of benzene rings is 2. The topological polar surface area (TPSA) is 90.5 Å². The van der Waals surface area contributed by atoms with E-state index >= 15 is 0 Å². The maximum atomic E-state index is 12.3. The molecule has 0 radical (unpaired) electrons. The Labute approximate surface area is 198 Å². The molecule has 2 aromatic rings. The van der Waals surface area contributed by atoms with E-state index in [-0.39, 0.29) is 35.6 Å². The molecule has 0 spiro atoms. The minimum atomic E-state index is -0.504. The van der Waals surface area contributed by atoms with E-state index in [1.54, 1.807) is 0 Å². The summed E-state index contributed by atoms with van der Waals surface area (Å²) in [5.41, 5.74) is 1.33. The average Bonchev–Trinajstić information content (AvgIpc) is 2.79. The van der Waals surface area contributed by atoms with Gasteiger partial charge in [-0.25, -0.2) is 0 Å². The van der Waals surface area contributed by atoms with Crippen molar-refractivity contribution in [3.63, 3.8) is 0 Å². The van der Waals surface area contributed by atoms with Gasteiger partial charge in [0.05, 0.1) is 29.7 Å². The molecule has 0 bridgehead atoms. The summed E-state index contributed by atoms with van der Waals surface area (Å²) in [6, 6.07) is 14.5. The Morgan fingerprint density at radius 2 is 1.50 bits per heavy atom. The molecule has 1 atom stereocenters. The van der Waals surface area contributed by atoms with Crippen molar-refractivity contribution in [1.29, 1.82) is 0 Å². The van der Waals surface area contributed by atoms with Crippen LogP contribution in [0.1, 0.15) is 35.8 Å². The second-order valence-corrected chi connectivity index (χ2v) is 7.88. The third-order valence-corrected chi connectivity index (χ3v) is 5.51. The van der Waals surface area contributed by atoms with Crippen LogP contribution in [0.25, 0.3) is 0 Å². The van der Waals surface area contributed by atoms with E-state index in [4.69, 9.17) is 23.2 Å². The molecule has 0 aliphatic carbocycles. The van der Waals surface area contributed by atoms with E-state index in [1.807, 2.05) is 30.3 Å². The molecule has 1 unspecified atom stereocenters. The number of nitrogens with one attached hydrogen (secondary N) is 3. The van der Waals surface area contributed by atoms with Crippen molar-refractivity contribution in [2.24, 2.45) is 0 Å². The first-order chi connectivity index (χ1) is 15.3. The molecule has 2 aromatic carbocycles. The van der Waals surface area contributed by atoms with Gasteiger partial charge in [-0.2, -0.15) is 0 Å². The van der Waals surface area contributed by atoms with Crippen molar-refractivity contribution in [3.05, 3.63) is 69.7 Å². The zero-order valence-electron chi connectivity index (χ0n) is 18.2. The van der Waals surface area contributed by atoms with E-state index in [9.17, 15) is 14.4 Å². The van der Waals surface area contributed by atoms with Gasteiger partial charge in [0.1, 0.15) is 0 Å². The van der Waals surface area contributed by atoms with Crippen LogP contribution < -0.4 is 16.0 Å². The summed E-state index contributed by atoms with van der Waals surface area (Å²) in [4.78, 5) is 38.7. The lowest BCUT2D eigenvalue weighted by Gasteiger charge is -2.30. The molecule has 2 rings (SSSR count). The van der Waals surface area contributed by atoms with Gasteiger partial charge in [0.2, 0.25) is 11.8 Å². The summed E-state index contributed by atoms with van der Waals surface area (Å²) in [5.74, 6) is -1.29. The Hall–Kier alpha value is -2.61. The summed E-state index contributed by atoms with van der Waals surface area (Å²) in [7, 11) is 0. The lowest BCUT2D eigenvalue weighted by molar-refractivity contribution is -0.125. The van der Waals surface area contributed by atoms with Crippen LogP contribution in [0.4, 0.5) is 0 Å². The highest BCUT2D eigenvalue weighted by Gasteiger charge is 2.19. The van der Waals surface area contributed by atoms with Crippen molar-refractivity contribution >= 4 is 40.9 Å². The van der Waals surface area contributed by atoms with Crippen LogP contribution in [0, 0.1) is 0 Å². The molecule has 0 saturated heterocycles. The number of hydrogen-bond acceptors (Lipinski definition) is 4. The van der Waals surface area contributed by atoms with Crippen LogP contribution in [0.15, 0.2) is 48.5 Å². The van der Waals surface area contributed by atoms with E-state index < -0.39 is 11.8 Å². The number of carbonyl (C=O) groups excluding carboxylic acids is 3. The summed E-state index contributed by atoms with van der Waals surface area (Å²) < 4.78 is 0. The number of carbonyl (C=O) groups is 3. The highest BCUT2D eigenvalue weighted by atomic mass is 35.5. The molecule has 7 nitrogen and oxygen atoms in total. The first kappa shape index (κ1) is 25.6. The van der Waals surface area contributed by atoms with Gasteiger partial charge < -0.3 is 16.0 Å². The van der Waals surface area contributed by atoms with E-state index in [2.05, 4.69) is 34.7 Å². The molecule has 32 heavy (non-hydrogen) atoms. The van der Waals surface area contributed by atoms with Crippen LogP contribution in [-0.2, 0) is 9.59 Å². The number of nitrogens with zero attached hydrogens (tertiary/aromatic N) is 1. The van der Waals surface area contributed by atoms with E-state index in [1.165, 1.54) is 18.2 Å². The number of hydrogen-bond donors (Lipinski definition) is 3. The molecule has 0 saturated carbocycles. The Kier molecular flexibility index (Phi) is 10.5. The zero-order valence-corrected chi connectivity index (χ0v) is 19.7. The number of likely N-dealkylation sites (N-methyl/N-ethyl adjacent to an activating group) is 1. The number of amides is 3. The number of halogens is 2. The Morgan fingerprint density at radius 1 is 0.875 bits per heavy atom. The van der Waals surface area contributed by atoms with Crippen LogP contribution >= 0.6 is 23.2 Å². The number of rotatable bonds is 11. The van der Waals surface area contributed by atoms with Gasteiger partial charge in [-0.15, -0.1) is 0 Å². The van der Waals surface area contributed by atoms with Gasteiger partial charge >= 0.3 is 0 Å². The molecule has 3 N–H and O–H groups in total. The van der Waals surface area contributed by atoms with E-state index in [0.717, 1.165) is 18.7 Å². The lowest BCUT2D eigenvalue weighted by atomic mass is 10.1. The molecular weight excluding hydrogens is 451 g/mol. The third kappa shape index (κ3) is 7.82. The van der Waals surface area contributed by atoms with Crippen molar-refractivity contribution in [2.75, 3.05) is 32.7 Å². The minimum absolute atomic E-state index is 0.0364. The second-order valence-electron chi connectivity index (χ2n) is 7.04. The first-order valence-electron chi connectivity index (χ1n) is 10.4. The predicted molar refractivity (Wildman–Crippen MR) is 127 cm³/mol. The Morgan fingerprint density at radius 3 is 2.12 bits per heavy atom. The fraction of sp³-hybridized carbons (Fsp3) is 0.348. The van der Waals surface area contributed by atoms with Gasteiger partial charge in [-0.1, -0.05) is 67.4 Å². The maximum Gasteiger partial charge on any atom is 0.253 e. The minimum Gasteiger partial charge on any atom is -0.353 e. The molecule has 0 aliphatic rings. The summed E-state index contributed by atoms with van der Waals surface area (Å²) in [6.45, 7) is 5.81. The first-order valence-corrected chi connectivity index (χ1v) is 11.2. The lowest BCUT2D eigenvalue weighted by Crippen LogP contribution is -2.44. The normalized spacial score (nSPS) is 11.7. The Bertz CT molecular complexity index is 921. The second kappa shape index (κ2) is 13.1. The molecule has 3 amide bonds. The summed E-state index contributed by atoms with van der Waals surface area (Å²) in [5, 5.41) is 8.44. The fourth-order valence-electron chi connectivity index (χ4n) is 3.24. The molecule has 9 heteroatoms. The monoisotopic (exact) mass is 478 g/mol. The fourth-order valence-corrected chi connectivity index (χ4v) is 3.74. The van der Waals surface area contributed by atoms with E-state index in [0.29, 0.717) is 11.6 Å². The molecule has 0 heterocycles. The van der Waals surface area contributed by atoms with Crippen molar-refractivity contribution in [3.8, 4) is 0 Å². The van der Waals surface area contributed by atoms with Crippen molar-refractivity contribution in [1.82, 2.24) is 20.9 Å². The van der Waals surface area contributed by atoms with Crippen LogP contribution in [-0.4, -0.2) is 55.3 Å². The Balaban J connectivity index is 1.80. The van der Waals surface area contributed by atoms with Crippen LogP contribution in [0.2, 0.25) is 10.0 Å². The molecule has 172 valence electrons. The molecule has 0 aliphatic heterocycles. The predicted octanol–water partition coefficient (Wildman–Crippen LogP) is 3.04. The van der Waals surface area contributed by atoms with Gasteiger partial charge in [-0.05, 0) is 36.9 Å². The van der Waals surface area contributed by atoms with Gasteiger partial charge in [0, 0.05) is 11.6 Å². The van der Waals surface area contributed by atoms with Gasteiger partial charge in [0.25, 0.3) is 5.91 Å². The summed E-state index contributed by atoms with van der Waals surface area (Å²) in [6.07, 6.45) is 0. The molecule has 0 fully saturated rings. The maximum absolute atomic E-state index is 12.3. The SMILES string of the molecule is CCN(CC)C(CNC(=O)CNC(=O)CNC(=O)c1ccc(Cl)cc1Cl)c1ccccc1. The third-order valence-electron chi connectivity index (χ3n) is 4.96. The molecular formula is C23H28Cl2N4O3. The van der Waals surface area contributed by atoms with Crippen LogP contribution in [0.3, 0.4) is 0 Å². The van der Waals surface area contributed by atoms with Gasteiger partial charge in [0.15, 0.2) is 0 Å².